The maximum Gasteiger partial charge on any atom is 0.242 e. The van der Waals surface area contributed by atoms with Crippen LogP contribution in [0.15, 0.2) is 24.3 Å². The number of nitrogens with one attached hydrogen (secondary N) is 2. The van der Waals surface area contributed by atoms with Gasteiger partial charge < -0.3 is 10.6 Å². The van der Waals surface area contributed by atoms with Crippen molar-refractivity contribution in [3.05, 3.63) is 29.8 Å². The summed E-state index contributed by atoms with van der Waals surface area (Å²) in [4.78, 5) is 11.7. The second-order valence-electron chi connectivity index (χ2n) is 4.34. The number of carbonyl (C=O) groups excluding carboxylic acids is 1. The van der Waals surface area contributed by atoms with Gasteiger partial charge >= 0.3 is 0 Å². The van der Waals surface area contributed by atoms with Crippen molar-refractivity contribution < 1.29 is 4.79 Å². The highest BCUT2D eigenvalue weighted by molar-refractivity contribution is 5.84. The van der Waals surface area contributed by atoms with Gasteiger partial charge in [0, 0.05) is 11.7 Å². The van der Waals surface area contributed by atoms with E-state index in [4.69, 9.17) is 5.26 Å². The number of nitrogens with zero attached hydrogens (tertiary/aromatic N) is 1. The molecule has 4 nitrogen and oxygen atoms in total. The fourth-order valence-electron chi connectivity index (χ4n) is 1.51. The third-order valence-corrected chi connectivity index (χ3v) is 2.71. The molecule has 0 heterocycles. The predicted octanol–water partition coefficient (Wildman–Crippen LogP) is 1.64. The van der Waals surface area contributed by atoms with Crippen molar-refractivity contribution in [3.8, 4) is 6.07 Å². The van der Waals surface area contributed by atoms with E-state index in [9.17, 15) is 4.79 Å². The molecule has 2 rings (SSSR count). The zero-order valence-electron chi connectivity index (χ0n) is 9.73. The first kappa shape index (κ1) is 11.5. The molecule has 0 aliphatic heterocycles. The topological polar surface area (TPSA) is 64.9 Å². The summed E-state index contributed by atoms with van der Waals surface area (Å²) in [5, 5.41) is 14.7. The van der Waals surface area contributed by atoms with Crippen molar-refractivity contribution in [1.29, 1.82) is 5.26 Å². The van der Waals surface area contributed by atoms with Crippen LogP contribution in [0.5, 0.6) is 0 Å². The van der Waals surface area contributed by atoms with Crippen LogP contribution in [0.25, 0.3) is 0 Å². The van der Waals surface area contributed by atoms with Crippen LogP contribution in [0.3, 0.4) is 0 Å². The zero-order chi connectivity index (χ0) is 12.3. The number of carbonyl (C=O) groups is 1. The van der Waals surface area contributed by atoms with Gasteiger partial charge in [0.1, 0.15) is 6.04 Å². The first-order valence-corrected chi connectivity index (χ1v) is 5.76. The lowest BCUT2D eigenvalue weighted by molar-refractivity contribution is -0.121. The molecule has 0 spiro atoms. The van der Waals surface area contributed by atoms with Gasteiger partial charge in [-0.25, -0.2) is 0 Å². The molecule has 1 aliphatic carbocycles. The Hall–Kier alpha value is -2.02. The van der Waals surface area contributed by atoms with Crippen molar-refractivity contribution in [2.75, 3.05) is 5.32 Å². The lowest BCUT2D eigenvalue weighted by atomic mass is 10.2. The number of nitriles is 1. The monoisotopic (exact) mass is 229 g/mol. The van der Waals surface area contributed by atoms with Crippen LogP contribution >= 0.6 is 0 Å². The second kappa shape index (κ2) is 4.88. The Balaban J connectivity index is 1.90. The van der Waals surface area contributed by atoms with E-state index in [-0.39, 0.29) is 11.9 Å². The van der Waals surface area contributed by atoms with Gasteiger partial charge in [0.2, 0.25) is 5.91 Å². The Morgan fingerprint density at radius 3 is 2.59 bits per heavy atom. The lowest BCUT2D eigenvalue weighted by Crippen LogP contribution is -2.38. The first-order valence-electron chi connectivity index (χ1n) is 5.76. The Labute approximate surface area is 101 Å². The van der Waals surface area contributed by atoms with Crippen molar-refractivity contribution in [3.63, 3.8) is 0 Å². The smallest absolute Gasteiger partial charge is 0.242 e. The molecule has 4 heteroatoms. The molecule has 1 aromatic rings. The summed E-state index contributed by atoms with van der Waals surface area (Å²) in [6.45, 7) is 1.83. The van der Waals surface area contributed by atoms with E-state index in [2.05, 4.69) is 16.7 Å². The number of anilines is 1. The molecule has 88 valence electrons. The summed E-state index contributed by atoms with van der Waals surface area (Å²) >= 11 is 0. The van der Waals surface area contributed by atoms with E-state index in [1.54, 1.807) is 24.3 Å². The molecule has 1 unspecified atom stereocenters. The molecule has 0 saturated heterocycles. The lowest BCUT2D eigenvalue weighted by Gasteiger charge is -2.14. The largest absolute Gasteiger partial charge is 0.374 e. The van der Waals surface area contributed by atoms with Crippen LogP contribution in [-0.2, 0) is 4.79 Å². The van der Waals surface area contributed by atoms with E-state index in [0.29, 0.717) is 11.6 Å². The van der Waals surface area contributed by atoms with E-state index in [0.717, 1.165) is 18.5 Å². The van der Waals surface area contributed by atoms with Gasteiger partial charge in [-0.3, -0.25) is 4.79 Å². The van der Waals surface area contributed by atoms with E-state index in [1.165, 1.54) is 0 Å². The summed E-state index contributed by atoms with van der Waals surface area (Å²) in [5.41, 5.74) is 1.47. The van der Waals surface area contributed by atoms with Crippen LogP contribution in [0, 0.1) is 11.3 Å². The van der Waals surface area contributed by atoms with Gasteiger partial charge in [0.15, 0.2) is 0 Å². The van der Waals surface area contributed by atoms with Crippen LogP contribution in [-0.4, -0.2) is 18.0 Å². The first-order chi connectivity index (χ1) is 8.19. The Morgan fingerprint density at radius 2 is 2.06 bits per heavy atom. The highest BCUT2D eigenvalue weighted by Crippen LogP contribution is 2.19. The van der Waals surface area contributed by atoms with Crippen molar-refractivity contribution in [2.45, 2.75) is 31.8 Å². The van der Waals surface area contributed by atoms with Crippen molar-refractivity contribution >= 4 is 11.6 Å². The standard InChI is InChI=1S/C13H15N3O/c1-9(13(17)16-12-6-7-12)15-11-4-2-10(8-14)3-5-11/h2-5,9,12,15H,6-7H2,1H3,(H,16,17). The number of amides is 1. The molecule has 1 atom stereocenters. The third kappa shape index (κ3) is 3.22. The third-order valence-electron chi connectivity index (χ3n) is 2.71. The fraction of sp³-hybridized carbons (Fsp3) is 0.385. The molecule has 1 saturated carbocycles. The zero-order valence-corrected chi connectivity index (χ0v) is 9.73. The molecular formula is C13H15N3O. The Bertz CT molecular complexity index is 443. The molecule has 0 radical (unpaired) electrons. The summed E-state index contributed by atoms with van der Waals surface area (Å²) in [6.07, 6.45) is 2.19. The van der Waals surface area contributed by atoms with Crippen LogP contribution in [0.1, 0.15) is 25.3 Å². The molecule has 0 bridgehead atoms. The second-order valence-corrected chi connectivity index (χ2v) is 4.34. The minimum atomic E-state index is -0.261. The minimum absolute atomic E-state index is 0.0249. The Kier molecular flexibility index (Phi) is 3.29. The predicted molar refractivity (Wildman–Crippen MR) is 65.4 cm³/mol. The van der Waals surface area contributed by atoms with Gasteiger partial charge in [0.05, 0.1) is 11.6 Å². The molecule has 0 aromatic heterocycles. The average Bonchev–Trinajstić information content (AvgIpc) is 3.14. The maximum atomic E-state index is 11.7. The highest BCUT2D eigenvalue weighted by Gasteiger charge is 2.25. The van der Waals surface area contributed by atoms with E-state index >= 15 is 0 Å². The summed E-state index contributed by atoms with van der Waals surface area (Å²) in [5.74, 6) is 0.0249. The van der Waals surface area contributed by atoms with E-state index in [1.807, 2.05) is 6.92 Å². The maximum absolute atomic E-state index is 11.7. The van der Waals surface area contributed by atoms with E-state index < -0.39 is 0 Å². The van der Waals surface area contributed by atoms with Gasteiger partial charge in [-0.05, 0) is 44.0 Å². The molecule has 1 aliphatic rings. The molecular weight excluding hydrogens is 214 g/mol. The normalized spacial score (nSPS) is 15.8. The summed E-state index contributed by atoms with van der Waals surface area (Å²) < 4.78 is 0. The number of hydrogen-bond acceptors (Lipinski definition) is 3. The van der Waals surface area contributed by atoms with Gasteiger partial charge in [-0.2, -0.15) is 5.26 Å². The van der Waals surface area contributed by atoms with Gasteiger partial charge in [-0.1, -0.05) is 0 Å². The number of benzene rings is 1. The Morgan fingerprint density at radius 1 is 1.41 bits per heavy atom. The van der Waals surface area contributed by atoms with Gasteiger partial charge in [-0.15, -0.1) is 0 Å². The fourth-order valence-corrected chi connectivity index (χ4v) is 1.51. The quantitative estimate of drug-likeness (QED) is 0.824. The van der Waals surface area contributed by atoms with Crippen LogP contribution in [0.4, 0.5) is 5.69 Å². The summed E-state index contributed by atoms with van der Waals surface area (Å²) in [7, 11) is 0. The minimum Gasteiger partial charge on any atom is -0.374 e. The highest BCUT2D eigenvalue weighted by atomic mass is 16.2. The number of rotatable bonds is 4. The SMILES string of the molecule is CC(Nc1ccc(C#N)cc1)C(=O)NC1CC1. The molecule has 2 N–H and O–H groups in total. The molecule has 1 fully saturated rings. The molecule has 17 heavy (non-hydrogen) atoms. The summed E-state index contributed by atoms with van der Waals surface area (Å²) in [6, 6.07) is 9.25. The van der Waals surface area contributed by atoms with Crippen molar-refractivity contribution in [1.82, 2.24) is 5.32 Å². The molecule has 1 aromatic carbocycles. The number of hydrogen-bond donors (Lipinski definition) is 2. The van der Waals surface area contributed by atoms with Crippen LogP contribution < -0.4 is 10.6 Å². The molecule has 1 amide bonds. The van der Waals surface area contributed by atoms with Crippen LogP contribution in [0.2, 0.25) is 0 Å². The average molecular weight is 229 g/mol. The van der Waals surface area contributed by atoms with Crippen molar-refractivity contribution in [2.24, 2.45) is 0 Å². The van der Waals surface area contributed by atoms with Gasteiger partial charge in [0.25, 0.3) is 0 Å².